The van der Waals surface area contributed by atoms with E-state index in [1.165, 1.54) is 0 Å². The lowest BCUT2D eigenvalue weighted by Crippen LogP contribution is -2.38. The van der Waals surface area contributed by atoms with Gasteiger partial charge in [0.05, 0.1) is 5.71 Å². The summed E-state index contributed by atoms with van der Waals surface area (Å²) in [5.41, 5.74) is -0.0530. The fourth-order valence-corrected chi connectivity index (χ4v) is 2.09. The maximum atomic E-state index is 12.6. The van der Waals surface area contributed by atoms with Crippen molar-refractivity contribution >= 4 is 17.3 Å². The number of rotatable bonds is 3. The number of hydrazone groups is 1. The summed E-state index contributed by atoms with van der Waals surface area (Å²) in [7, 11) is 0. The van der Waals surface area contributed by atoms with Gasteiger partial charge < -0.3 is 5.84 Å². The molecule has 2 rings (SSSR count). The molecule has 0 unspecified atom stereocenters. The van der Waals surface area contributed by atoms with Crippen LogP contribution >= 0.6 is 11.6 Å². The van der Waals surface area contributed by atoms with Crippen LogP contribution in [-0.4, -0.2) is 20.5 Å². The molecule has 9 heteroatoms. The normalized spacial score (nSPS) is 13.5. The Labute approximate surface area is 129 Å². The molecule has 1 aromatic carbocycles. The second-order valence-electron chi connectivity index (χ2n) is 5.05. The fourth-order valence-electron chi connectivity index (χ4n) is 1.96. The van der Waals surface area contributed by atoms with E-state index < -0.39 is 17.5 Å². The van der Waals surface area contributed by atoms with Gasteiger partial charge in [0.1, 0.15) is 11.9 Å². The van der Waals surface area contributed by atoms with Gasteiger partial charge in [-0.15, -0.1) is 5.10 Å². The molecule has 1 heterocycles. The number of hydrogen-bond acceptors (Lipinski definition) is 4. The summed E-state index contributed by atoms with van der Waals surface area (Å²) in [5, 5.41) is 7.72. The molecule has 5 nitrogen and oxygen atoms in total. The van der Waals surface area contributed by atoms with Crippen molar-refractivity contribution in [2.24, 2.45) is 10.9 Å². The number of alkyl halides is 3. The van der Waals surface area contributed by atoms with E-state index in [1.807, 2.05) is 0 Å². The molecular formula is C13H13ClF3N5. The van der Waals surface area contributed by atoms with E-state index in [2.05, 4.69) is 15.2 Å². The fraction of sp³-hybridized carbons (Fsp3) is 0.308. The van der Waals surface area contributed by atoms with E-state index in [4.69, 9.17) is 17.4 Å². The molecule has 0 radical (unpaired) electrons. The van der Waals surface area contributed by atoms with Crippen LogP contribution in [0.4, 0.5) is 13.2 Å². The Morgan fingerprint density at radius 1 is 1.23 bits per heavy atom. The second-order valence-corrected chi connectivity index (χ2v) is 5.49. The zero-order valence-electron chi connectivity index (χ0n) is 11.8. The first kappa shape index (κ1) is 16.3. The van der Waals surface area contributed by atoms with E-state index in [0.717, 1.165) is 11.0 Å². The summed E-state index contributed by atoms with van der Waals surface area (Å²) in [6, 6.07) is 6.63. The topological polar surface area (TPSA) is 69.1 Å². The predicted molar refractivity (Wildman–Crippen MR) is 76.5 cm³/mol. The van der Waals surface area contributed by atoms with Gasteiger partial charge in [-0.05, 0) is 26.0 Å². The zero-order valence-corrected chi connectivity index (χ0v) is 12.5. The molecule has 0 aliphatic heterocycles. The molecule has 118 valence electrons. The van der Waals surface area contributed by atoms with Crippen LogP contribution in [0.25, 0.3) is 0 Å². The van der Waals surface area contributed by atoms with Crippen molar-refractivity contribution < 1.29 is 13.2 Å². The van der Waals surface area contributed by atoms with Gasteiger partial charge in [0, 0.05) is 10.6 Å². The molecule has 0 spiro atoms. The minimum Gasteiger partial charge on any atom is -0.323 e. The molecule has 2 aromatic rings. The van der Waals surface area contributed by atoms with Crippen molar-refractivity contribution in [3.63, 3.8) is 0 Å². The summed E-state index contributed by atoms with van der Waals surface area (Å²) in [6.07, 6.45) is -3.61. The predicted octanol–water partition coefficient (Wildman–Crippen LogP) is 3.05. The summed E-state index contributed by atoms with van der Waals surface area (Å²) < 4.78 is 39.0. The number of halogens is 4. The Morgan fingerprint density at radius 3 is 2.27 bits per heavy atom. The van der Waals surface area contributed by atoms with Crippen molar-refractivity contribution in [3.8, 4) is 0 Å². The van der Waals surface area contributed by atoms with Crippen LogP contribution in [-0.2, 0) is 11.7 Å². The summed E-state index contributed by atoms with van der Waals surface area (Å²) in [6.45, 7) is 3.28. The monoisotopic (exact) mass is 331 g/mol. The minimum absolute atomic E-state index is 0.350. The van der Waals surface area contributed by atoms with Crippen molar-refractivity contribution in [1.82, 2.24) is 14.8 Å². The largest absolute Gasteiger partial charge is 0.453 e. The molecule has 0 aliphatic carbocycles. The highest BCUT2D eigenvalue weighted by molar-refractivity contribution is 6.30. The maximum Gasteiger partial charge on any atom is 0.453 e. The van der Waals surface area contributed by atoms with Gasteiger partial charge >= 0.3 is 6.18 Å². The Hall–Kier alpha value is -2.09. The zero-order chi connectivity index (χ0) is 16.5. The highest BCUT2D eigenvalue weighted by Gasteiger charge is 2.38. The SMILES string of the molecule is CC(C)(C(=NN)c1ccc(Cl)cc1)n1cnc(C(F)(F)F)n1. The van der Waals surface area contributed by atoms with E-state index in [9.17, 15) is 13.2 Å². The average molecular weight is 332 g/mol. The first-order chi connectivity index (χ1) is 10.2. The van der Waals surface area contributed by atoms with Crippen LogP contribution in [0.2, 0.25) is 5.02 Å². The number of nitrogens with zero attached hydrogens (tertiary/aromatic N) is 4. The molecule has 0 atom stereocenters. The molecular weight excluding hydrogens is 319 g/mol. The van der Waals surface area contributed by atoms with Crippen LogP contribution in [0.1, 0.15) is 25.2 Å². The number of nitrogens with two attached hydrogens (primary N) is 1. The van der Waals surface area contributed by atoms with Crippen molar-refractivity contribution in [3.05, 3.63) is 47.0 Å². The van der Waals surface area contributed by atoms with Gasteiger partial charge in [-0.2, -0.15) is 18.3 Å². The molecule has 22 heavy (non-hydrogen) atoms. The Balaban J connectivity index is 2.43. The summed E-state index contributed by atoms with van der Waals surface area (Å²) in [4.78, 5) is 3.29. The van der Waals surface area contributed by atoms with E-state index >= 15 is 0 Å². The van der Waals surface area contributed by atoms with Crippen LogP contribution in [0.3, 0.4) is 0 Å². The number of benzene rings is 1. The first-order valence-corrected chi connectivity index (χ1v) is 6.57. The molecule has 0 saturated heterocycles. The highest BCUT2D eigenvalue weighted by atomic mass is 35.5. The second kappa shape index (κ2) is 5.60. The van der Waals surface area contributed by atoms with E-state index in [1.54, 1.807) is 38.1 Å². The molecule has 1 aromatic heterocycles. The quantitative estimate of drug-likeness (QED) is 0.534. The molecule has 2 N–H and O–H groups in total. The van der Waals surface area contributed by atoms with Gasteiger partial charge in [0.25, 0.3) is 5.82 Å². The van der Waals surface area contributed by atoms with Gasteiger partial charge in [-0.3, -0.25) is 0 Å². The molecule has 0 saturated carbocycles. The lowest BCUT2D eigenvalue weighted by Gasteiger charge is -2.26. The summed E-state index contributed by atoms with van der Waals surface area (Å²) >= 11 is 5.82. The Kier molecular flexibility index (Phi) is 4.15. The van der Waals surface area contributed by atoms with Crippen molar-refractivity contribution in [2.45, 2.75) is 25.6 Å². The number of aromatic nitrogens is 3. The van der Waals surface area contributed by atoms with Gasteiger partial charge in [0.2, 0.25) is 0 Å². The van der Waals surface area contributed by atoms with Crippen LogP contribution < -0.4 is 5.84 Å². The first-order valence-electron chi connectivity index (χ1n) is 6.20. The van der Waals surface area contributed by atoms with E-state index in [0.29, 0.717) is 16.3 Å². The van der Waals surface area contributed by atoms with Crippen molar-refractivity contribution in [1.29, 1.82) is 0 Å². The van der Waals surface area contributed by atoms with Crippen LogP contribution in [0, 0.1) is 0 Å². The Morgan fingerprint density at radius 2 is 1.82 bits per heavy atom. The molecule has 0 aliphatic rings. The van der Waals surface area contributed by atoms with E-state index in [-0.39, 0.29) is 0 Å². The molecule has 0 fully saturated rings. The third kappa shape index (κ3) is 3.06. The maximum absolute atomic E-state index is 12.6. The third-order valence-corrected chi connectivity index (χ3v) is 3.40. The van der Waals surface area contributed by atoms with Gasteiger partial charge in [0.15, 0.2) is 0 Å². The standard InChI is InChI=1S/C13H13ClF3N5/c1-12(2,22-7-19-11(21-22)13(15,16)17)10(20-18)8-3-5-9(14)6-4-8/h3-7H,18H2,1-2H3. The van der Waals surface area contributed by atoms with Gasteiger partial charge in [-0.1, -0.05) is 23.7 Å². The van der Waals surface area contributed by atoms with Crippen molar-refractivity contribution in [2.75, 3.05) is 0 Å². The summed E-state index contributed by atoms with van der Waals surface area (Å²) in [5.74, 6) is 4.22. The number of hydrogen-bond donors (Lipinski definition) is 1. The average Bonchev–Trinajstić information content (AvgIpc) is 2.92. The highest BCUT2D eigenvalue weighted by Crippen LogP contribution is 2.28. The molecule has 0 amide bonds. The van der Waals surface area contributed by atoms with Crippen LogP contribution in [0.5, 0.6) is 0 Å². The lowest BCUT2D eigenvalue weighted by atomic mass is 9.92. The third-order valence-electron chi connectivity index (χ3n) is 3.14. The van der Waals surface area contributed by atoms with Gasteiger partial charge in [-0.25, -0.2) is 9.67 Å². The van der Waals surface area contributed by atoms with Crippen LogP contribution in [0.15, 0.2) is 35.7 Å². The smallest absolute Gasteiger partial charge is 0.323 e. The minimum atomic E-state index is -4.61. The Bertz CT molecular complexity index is 688. The molecule has 0 bridgehead atoms. The lowest BCUT2D eigenvalue weighted by molar-refractivity contribution is -0.145.